The summed E-state index contributed by atoms with van der Waals surface area (Å²) in [5.41, 5.74) is 36.1. The average molecular weight is 1610 g/mol. The molecule has 26 nitrogen and oxygen atoms in total. The highest BCUT2D eigenvalue weighted by atomic mass is 35.5. The molecule has 38 heteroatoms. The topological polar surface area (TPSA) is 371 Å². The Balaban J connectivity index is 0.000000161. The van der Waals surface area contributed by atoms with Crippen LogP contribution in [0.25, 0.3) is 67.6 Å². The number of methoxy groups -OCH3 is 4. The number of rotatable bonds is 16. The molecule has 0 spiro atoms. The van der Waals surface area contributed by atoms with Crippen LogP contribution in [0.1, 0.15) is 5.56 Å². The molecular formula is C63H60Cl10N20O6S2. The molecule has 0 saturated carbocycles. The van der Waals surface area contributed by atoms with E-state index in [2.05, 4.69) is 70.1 Å². The molecule has 0 fully saturated rings. The molecule has 1 aliphatic heterocycles. The van der Waals surface area contributed by atoms with Crippen molar-refractivity contribution in [2.45, 2.75) is 16.6 Å². The number of benzene rings is 5. The Morgan fingerprint density at radius 3 is 1.59 bits per heavy atom. The van der Waals surface area contributed by atoms with Gasteiger partial charge in [0, 0.05) is 65.7 Å². The van der Waals surface area contributed by atoms with E-state index in [1.165, 1.54) is 44.9 Å². The van der Waals surface area contributed by atoms with Crippen molar-refractivity contribution < 1.29 is 28.4 Å². The molecule has 101 heavy (non-hydrogen) atoms. The van der Waals surface area contributed by atoms with Crippen molar-refractivity contribution in [3.63, 3.8) is 0 Å². The maximum atomic E-state index is 6.38. The summed E-state index contributed by atoms with van der Waals surface area (Å²) in [6, 6.07) is 20.4. The van der Waals surface area contributed by atoms with Crippen LogP contribution in [0.5, 0.6) is 34.8 Å². The van der Waals surface area contributed by atoms with Gasteiger partial charge >= 0.3 is 6.01 Å². The number of aromatic amines is 1. The summed E-state index contributed by atoms with van der Waals surface area (Å²) < 4.78 is 31.7. The zero-order chi connectivity index (χ0) is 73.5. The Morgan fingerprint density at radius 2 is 1.02 bits per heavy atom. The van der Waals surface area contributed by atoms with E-state index < -0.39 is 0 Å². The molecule has 0 saturated heterocycles. The van der Waals surface area contributed by atoms with Gasteiger partial charge in [0.15, 0.2) is 16.8 Å². The van der Waals surface area contributed by atoms with E-state index in [-0.39, 0.29) is 41.6 Å². The molecule has 1 aliphatic rings. The fourth-order valence-electron chi connectivity index (χ4n) is 9.07. The monoisotopic (exact) mass is 1610 g/mol. The van der Waals surface area contributed by atoms with E-state index in [0.29, 0.717) is 148 Å². The fourth-order valence-corrected chi connectivity index (χ4v) is 12.7. The molecule has 7 heterocycles. The first kappa shape index (κ1) is 78.8. The number of halogens is 10. The molecule has 0 atom stereocenters. The number of ether oxygens (including phenoxy) is 6. The summed E-state index contributed by atoms with van der Waals surface area (Å²) in [5, 5.41) is 8.73. The van der Waals surface area contributed by atoms with Crippen LogP contribution in [0.15, 0.2) is 89.2 Å². The van der Waals surface area contributed by atoms with Gasteiger partial charge in [0.1, 0.15) is 51.9 Å². The van der Waals surface area contributed by atoms with E-state index >= 15 is 0 Å². The summed E-state index contributed by atoms with van der Waals surface area (Å²) in [6.45, 7) is 1.87. The zero-order valence-corrected chi connectivity index (χ0v) is 63.8. The number of hydrogen-bond donors (Lipinski definition) is 7. The maximum absolute atomic E-state index is 6.38. The van der Waals surface area contributed by atoms with E-state index in [1.807, 2.05) is 43.6 Å². The first-order chi connectivity index (χ1) is 48.2. The average Bonchev–Trinajstić information content (AvgIpc) is 1.75. The lowest BCUT2D eigenvalue weighted by Gasteiger charge is -2.14. The van der Waals surface area contributed by atoms with Crippen LogP contribution >= 0.6 is 140 Å². The number of nitrogens with two attached hydrogens (primary N) is 5. The number of likely N-dealkylation sites (N-methyl/N-ethyl adjacent to an activating group) is 1. The molecule has 530 valence electrons. The lowest BCUT2D eigenvalue weighted by Crippen LogP contribution is -2.19. The third kappa shape index (κ3) is 20.2. The third-order valence-corrected chi connectivity index (χ3v) is 17.9. The second-order valence-electron chi connectivity index (χ2n) is 20.5. The minimum absolute atomic E-state index is 0.0341. The van der Waals surface area contributed by atoms with Crippen molar-refractivity contribution in [1.82, 2.24) is 69.7 Å². The molecule has 6 aromatic heterocycles. The summed E-state index contributed by atoms with van der Waals surface area (Å²) in [4.78, 5) is 54.5. The third-order valence-electron chi connectivity index (χ3n) is 13.7. The number of nitrogens with zero attached hydrogens (tertiary/aromatic N) is 13. The van der Waals surface area contributed by atoms with Crippen molar-refractivity contribution in [3.05, 3.63) is 135 Å². The highest BCUT2D eigenvalue weighted by Gasteiger charge is 2.26. The minimum atomic E-state index is 0.0341. The van der Waals surface area contributed by atoms with Crippen molar-refractivity contribution >= 4 is 186 Å². The number of H-pyrrole nitrogens is 1. The van der Waals surface area contributed by atoms with Gasteiger partial charge < -0.3 is 72.3 Å². The molecule has 0 unspecified atom stereocenters. The number of nitrogen functional groups attached to an aromatic ring is 5. The van der Waals surface area contributed by atoms with E-state index in [1.54, 1.807) is 81.0 Å². The van der Waals surface area contributed by atoms with Gasteiger partial charge in [-0.15, -0.1) is 11.8 Å². The Labute approximate surface area is 637 Å². The maximum Gasteiger partial charge on any atom is 0.321 e. The van der Waals surface area contributed by atoms with Gasteiger partial charge in [0.05, 0.1) is 108 Å². The summed E-state index contributed by atoms with van der Waals surface area (Å²) >= 11 is 64.4. The fraction of sp³-hybridized carbons (Fsp3) is 0.206. The first-order valence-electron chi connectivity index (χ1n) is 28.9. The molecule has 0 bridgehead atoms. The standard InChI is InChI=1S/C16H17Cl2N5O.C13H12Cl2N4O.C12H11Cl2N3OS.C11H10Cl2N4O2.C11H10Cl2N4OS/c1-23(2)5-6-24-13-7-9(10(17)8-11(13)18)14-15-12(3-4-20-15)21-16(19)22-14;1-17-10-5-9(18-13(16)19-10)11-6-2-3-20-12(6)8(15)4-7(11)14;1-18-10-3-6(7(13)4-8(10)14)9-5-11(19-2)17-12(15)16-9;2*1-18-8-3-5(6(12)4-7(8)13)9-15-10(14)17-11(16-9)19-2/h3-4,7-8,20H,5-6H2,1-2H3,(H2,19,21,22);4-5H,2-3H2,1H3,(H3,16,17,18,19);3-5H,1-2H3,(H2,15,16,17);2*3-4H,1-2H3,(H2,14,15,16,17). The predicted molar refractivity (Wildman–Crippen MR) is 410 cm³/mol. The summed E-state index contributed by atoms with van der Waals surface area (Å²) in [7, 11) is 11.7. The highest BCUT2D eigenvalue weighted by Crippen LogP contribution is 2.46. The molecular weight excluding hydrogens is 1550 g/mol. The van der Waals surface area contributed by atoms with Gasteiger partial charge in [0.25, 0.3) is 0 Å². The van der Waals surface area contributed by atoms with Crippen molar-refractivity contribution in [2.75, 3.05) is 116 Å². The molecule has 12 N–H and O–H groups in total. The van der Waals surface area contributed by atoms with Crippen LogP contribution in [-0.2, 0) is 6.42 Å². The van der Waals surface area contributed by atoms with Crippen molar-refractivity contribution in [3.8, 4) is 91.3 Å². The molecule has 5 aromatic carbocycles. The lowest BCUT2D eigenvalue weighted by atomic mass is 10.0. The lowest BCUT2D eigenvalue weighted by molar-refractivity contribution is 0.261. The van der Waals surface area contributed by atoms with Crippen LogP contribution in [0.2, 0.25) is 50.2 Å². The Bertz CT molecular complexity index is 4550. The number of fused-ring (bicyclic) bond motifs is 2. The van der Waals surface area contributed by atoms with E-state index in [0.717, 1.165) is 40.2 Å². The van der Waals surface area contributed by atoms with Crippen LogP contribution in [0, 0.1) is 0 Å². The van der Waals surface area contributed by atoms with Crippen LogP contribution < -0.4 is 62.4 Å². The van der Waals surface area contributed by atoms with Gasteiger partial charge in [-0.2, -0.15) is 29.9 Å². The van der Waals surface area contributed by atoms with Gasteiger partial charge in [-0.05, 0) is 93.3 Å². The van der Waals surface area contributed by atoms with Crippen LogP contribution in [-0.4, -0.2) is 152 Å². The molecule has 11 aromatic rings. The van der Waals surface area contributed by atoms with Gasteiger partial charge in [-0.1, -0.05) is 128 Å². The van der Waals surface area contributed by atoms with Gasteiger partial charge in [-0.25, -0.2) is 29.9 Å². The molecule has 0 aliphatic carbocycles. The van der Waals surface area contributed by atoms with Gasteiger partial charge in [0.2, 0.25) is 29.7 Å². The summed E-state index contributed by atoms with van der Waals surface area (Å²) in [6.07, 6.45) is 6.28. The molecule has 0 radical (unpaired) electrons. The second-order valence-corrected chi connectivity index (χ2v) is 26.2. The normalized spacial score (nSPS) is 11.2. The van der Waals surface area contributed by atoms with Gasteiger partial charge in [-0.3, -0.25) is 0 Å². The Kier molecular flexibility index (Phi) is 28.3. The van der Waals surface area contributed by atoms with E-state index in [9.17, 15) is 0 Å². The quantitative estimate of drug-likeness (QED) is 0.0349. The Morgan fingerprint density at radius 1 is 0.505 bits per heavy atom. The zero-order valence-electron chi connectivity index (χ0n) is 54.6. The Hall–Kier alpha value is -7.94. The number of nitrogens with one attached hydrogen (secondary N) is 2. The van der Waals surface area contributed by atoms with Crippen molar-refractivity contribution in [2.24, 2.45) is 0 Å². The first-order valence-corrected chi connectivity index (χ1v) is 35.2. The molecule has 0 amide bonds. The minimum Gasteiger partial charge on any atom is -0.495 e. The second kappa shape index (κ2) is 36.3. The number of thioether (sulfide) groups is 2. The highest BCUT2D eigenvalue weighted by molar-refractivity contribution is 7.98. The summed E-state index contributed by atoms with van der Waals surface area (Å²) in [5.74, 6) is 4.74. The number of anilines is 6. The molecule has 12 rings (SSSR count). The number of aromatic nitrogens is 13. The van der Waals surface area contributed by atoms with E-state index in [4.69, 9.17) is 173 Å². The number of hydrogen-bond acceptors (Lipinski definition) is 27. The predicted octanol–water partition coefficient (Wildman–Crippen LogP) is 15.8. The van der Waals surface area contributed by atoms with Crippen molar-refractivity contribution in [1.29, 1.82) is 0 Å². The largest absolute Gasteiger partial charge is 0.495 e. The van der Waals surface area contributed by atoms with Crippen LogP contribution in [0.3, 0.4) is 0 Å². The van der Waals surface area contributed by atoms with Crippen LogP contribution in [0.4, 0.5) is 35.6 Å². The SMILES string of the molecule is CN(C)CCOc1cc(-c2nc(N)nc3cc[nH]c23)c(Cl)cc1Cl.CNc1cc(-c2c(Cl)cc(Cl)c3c2CCO3)nc(N)n1.COc1cc(-c2cc(SC)nc(N)n2)c(Cl)cc1Cl.COc1cc(-c2nc(N)nc(SC)n2)c(Cl)cc1Cl.COc1nc(N)nc(-c2cc(OC)c(Cl)cc2Cl)n1. The smallest absolute Gasteiger partial charge is 0.321 e.